The number of carbonyl (C=O) groups excluding carboxylic acids is 1. The Morgan fingerprint density at radius 2 is 2.22 bits per heavy atom. The maximum atomic E-state index is 13.3. The molecule has 18 heavy (non-hydrogen) atoms. The van der Waals surface area contributed by atoms with E-state index in [9.17, 15) is 13.6 Å². The van der Waals surface area contributed by atoms with Gasteiger partial charge >= 0.3 is 0 Å². The number of hydrogen-bond acceptors (Lipinski definition) is 3. The van der Waals surface area contributed by atoms with Crippen molar-refractivity contribution in [1.29, 1.82) is 0 Å². The van der Waals surface area contributed by atoms with E-state index in [0.717, 1.165) is 23.1 Å². The summed E-state index contributed by atoms with van der Waals surface area (Å²) in [5.74, 6) is -1.72. The fourth-order valence-corrected chi connectivity index (χ4v) is 2.21. The predicted molar refractivity (Wildman–Crippen MR) is 64.6 cm³/mol. The zero-order chi connectivity index (χ0) is 13.1. The van der Waals surface area contributed by atoms with E-state index in [1.807, 2.05) is 0 Å². The van der Waals surface area contributed by atoms with Crippen LogP contribution >= 0.6 is 11.8 Å². The maximum Gasteiger partial charge on any atom is 0.176 e. The van der Waals surface area contributed by atoms with Crippen LogP contribution in [-0.2, 0) is 7.05 Å². The molecule has 3 nitrogen and oxygen atoms in total. The minimum Gasteiger partial charge on any atom is -0.293 e. The molecule has 0 atom stereocenters. The second kappa shape index (κ2) is 5.30. The molecule has 0 saturated carbocycles. The monoisotopic (exact) mass is 268 g/mol. The first kappa shape index (κ1) is 12.8. The number of hydrogen-bond donors (Lipinski definition) is 0. The van der Waals surface area contributed by atoms with Crippen molar-refractivity contribution in [2.24, 2.45) is 7.05 Å². The number of carbonyl (C=O) groups is 1. The quantitative estimate of drug-likeness (QED) is 0.631. The second-order valence-corrected chi connectivity index (χ2v) is 4.73. The summed E-state index contributed by atoms with van der Waals surface area (Å²) in [5, 5.41) is 3.95. The molecule has 2 rings (SSSR count). The Labute approximate surface area is 107 Å². The third-order valence-electron chi connectivity index (χ3n) is 2.28. The summed E-state index contributed by atoms with van der Waals surface area (Å²) in [6.07, 6.45) is 3.36. The van der Waals surface area contributed by atoms with E-state index in [2.05, 4.69) is 5.10 Å². The van der Waals surface area contributed by atoms with Crippen LogP contribution in [0, 0.1) is 11.6 Å². The number of benzene rings is 1. The fraction of sp³-hybridized carbons (Fsp3) is 0.167. The number of aryl methyl sites for hydroxylation is 1. The van der Waals surface area contributed by atoms with Crippen LogP contribution in [0.15, 0.2) is 35.5 Å². The van der Waals surface area contributed by atoms with Crippen molar-refractivity contribution in [3.63, 3.8) is 0 Å². The van der Waals surface area contributed by atoms with Gasteiger partial charge in [0.15, 0.2) is 5.78 Å². The molecular weight excluding hydrogens is 258 g/mol. The lowest BCUT2D eigenvalue weighted by atomic mass is 10.1. The van der Waals surface area contributed by atoms with Crippen molar-refractivity contribution < 1.29 is 13.6 Å². The molecule has 0 aliphatic heterocycles. The molecule has 1 heterocycles. The van der Waals surface area contributed by atoms with E-state index in [1.165, 1.54) is 11.8 Å². The van der Waals surface area contributed by atoms with Crippen molar-refractivity contribution in [2.75, 3.05) is 5.75 Å². The molecule has 0 unspecified atom stereocenters. The Hall–Kier alpha value is -1.69. The summed E-state index contributed by atoms with van der Waals surface area (Å²) >= 11 is 1.24. The van der Waals surface area contributed by atoms with Crippen LogP contribution in [0.2, 0.25) is 0 Å². The molecule has 0 aliphatic carbocycles. The van der Waals surface area contributed by atoms with Crippen LogP contribution < -0.4 is 0 Å². The number of aromatic nitrogens is 2. The molecule has 0 radical (unpaired) electrons. The summed E-state index contributed by atoms with van der Waals surface area (Å²) in [4.78, 5) is 12.6. The first-order valence-corrected chi connectivity index (χ1v) is 6.14. The highest BCUT2D eigenvalue weighted by molar-refractivity contribution is 8.00. The van der Waals surface area contributed by atoms with Crippen LogP contribution in [-0.4, -0.2) is 21.3 Å². The van der Waals surface area contributed by atoms with Gasteiger partial charge in [-0.2, -0.15) is 5.10 Å². The van der Waals surface area contributed by atoms with Gasteiger partial charge in [0.2, 0.25) is 0 Å². The summed E-state index contributed by atoms with van der Waals surface area (Å²) in [5.41, 5.74) is -0.216. The van der Waals surface area contributed by atoms with Crippen LogP contribution in [0.1, 0.15) is 10.4 Å². The summed E-state index contributed by atoms with van der Waals surface area (Å²) < 4.78 is 27.9. The average molecular weight is 268 g/mol. The maximum absolute atomic E-state index is 13.3. The Kier molecular flexibility index (Phi) is 3.76. The fourth-order valence-electron chi connectivity index (χ4n) is 1.41. The molecule has 0 saturated heterocycles. The molecule has 1 aromatic heterocycles. The third kappa shape index (κ3) is 2.95. The number of Topliss-reactive ketones (excluding diaryl/α,β-unsaturated/α-hetero) is 1. The molecule has 0 amide bonds. The zero-order valence-corrected chi connectivity index (χ0v) is 10.4. The van der Waals surface area contributed by atoms with Gasteiger partial charge in [0, 0.05) is 18.1 Å². The largest absolute Gasteiger partial charge is 0.293 e. The highest BCUT2D eigenvalue weighted by Crippen LogP contribution is 2.19. The number of ketones is 1. The molecule has 1 aromatic carbocycles. The third-order valence-corrected chi connectivity index (χ3v) is 3.23. The molecule has 2 aromatic rings. The van der Waals surface area contributed by atoms with E-state index in [1.54, 1.807) is 24.1 Å². The average Bonchev–Trinajstić information content (AvgIpc) is 2.75. The van der Waals surface area contributed by atoms with E-state index < -0.39 is 17.4 Å². The Morgan fingerprint density at radius 3 is 2.89 bits per heavy atom. The van der Waals surface area contributed by atoms with E-state index in [0.29, 0.717) is 0 Å². The number of halogens is 2. The molecule has 0 aliphatic rings. The first-order valence-electron chi connectivity index (χ1n) is 5.16. The van der Waals surface area contributed by atoms with Gasteiger partial charge < -0.3 is 0 Å². The van der Waals surface area contributed by atoms with Crippen LogP contribution in [0.5, 0.6) is 0 Å². The summed E-state index contributed by atoms with van der Waals surface area (Å²) in [7, 11) is 1.76. The molecule has 0 bridgehead atoms. The van der Waals surface area contributed by atoms with Crippen LogP contribution in [0.25, 0.3) is 0 Å². The van der Waals surface area contributed by atoms with Crippen molar-refractivity contribution in [3.8, 4) is 0 Å². The molecular formula is C12H10F2N2OS. The minimum atomic E-state index is -0.701. The lowest BCUT2D eigenvalue weighted by Gasteiger charge is -2.01. The Balaban J connectivity index is 2.05. The van der Waals surface area contributed by atoms with Crippen molar-refractivity contribution in [1.82, 2.24) is 9.78 Å². The van der Waals surface area contributed by atoms with Gasteiger partial charge in [-0.1, -0.05) is 0 Å². The number of thioether (sulfide) groups is 1. The minimum absolute atomic E-state index is 0.0477. The highest BCUT2D eigenvalue weighted by atomic mass is 32.2. The smallest absolute Gasteiger partial charge is 0.176 e. The van der Waals surface area contributed by atoms with Gasteiger partial charge in [-0.05, 0) is 18.2 Å². The Bertz CT molecular complexity index is 583. The number of nitrogens with zero attached hydrogens (tertiary/aromatic N) is 2. The Morgan fingerprint density at radius 1 is 1.44 bits per heavy atom. The lowest BCUT2D eigenvalue weighted by molar-refractivity contribution is 0.101. The normalized spacial score (nSPS) is 10.6. The van der Waals surface area contributed by atoms with Gasteiger partial charge in [0.05, 0.1) is 17.5 Å². The van der Waals surface area contributed by atoms with Gasteiger partial charge in [-0.15, -0.1) is 11.8 Å². The zero-order valence-electron chi connectivity index (χ0n) is 9.56. The highest BCUT2D eigenvalue weighted by Gasteiger charge is 2.13. The summed E-state index contributed by atoms with van der Waals surface area (Å²) in [6, 6.07) is 2.86. The molecule has 0 N–H and O–H groups in total. The summed E-state index contributed by atoms with van der Waals surface area (Å²) in [6.45, 7) is 0. The van der Waals surface area contributed by atoms with Crippen molar-refractivity contribution in [3.05, 3.63) is 47.8 Å². The van der Waals surface area contributed by atoms with Crippen LogP contribution in [0.4, 0.5) is 8.78 Å². The van der Waals surface area contributed by atoms with Gasteiger partial charge in [0.1, 0.15) is 11.6 Å². The molecule has 94 valence electrons. The van der Waals surface area contributed by atoms with Gasteiger partial charge in [0.25, 0.3) is 0 Å². The molecule has 0 spiro atoms. The van der Waals surface area contributed by atoms with E-state index in [-0.39, 0.29) is 11.3 Å². The van der Waals surface area contributed by atoms with Crippen molar-refractivity contribution in [2.45, 2.75) is 4.90 Å². The first-order chi connectivity index (χ1) is 8.56. The van der Waals surface area contributed by atoms with Gasteiger partial charge in [-0.25, -0.2) is 8.78 Å². The lowest BCUT2D eigenvalue weighted by Crippen LogP contribution is -2.05. The SMILES string of the molecule is Cn1cc(SCC(=O)c2cc(F)ccc2F)cn1. The topological polar surface area (TPSA) is 34.9 Å². The van der Waals surface area contributed by atoms with E-state index >= 15 is 0 Å². The van der Waals surface area contributed by atoms with Gasteiger partial charge in [-0.3, -0.25) is 9.48 Å². The van der Waals surface area contributed by atoms with Crippen LogP contribution in [0.3, 0.4) is 0 Å². The standard InChI is InChI=1S/C12H10F2N2OS/c1-16-6-9(5-15-16)18-7-12(17)10-4-8(13)2-3-11(10)14/h2-6H,7H2,1H3. The number of rotatable bonds is 4. The molecule has 6 heteroatoms. The predicted octanol–water partition coefficient (Wildman–Crippen LogP) is 2.67. The molecule has 0 fully saturated rings. The van der Waals surface area contributed by atoms with E-state index in [4.69, 9.17) is 0 Å². The van der Waals surface area contributed by atoms with Crippen molar-refractivity contribution >= 4 is 17.5 Å². The second-order valence-electron chi connectivity index (χ2n) is 3.69.